The summed E-state index contributed by atoms with van der Waals surface area (Å²) in [5.74, 6) is 1.63. The highest BCUT2D eigenvalue weighted by atomic mass is 16.5. The number of quaternary nitrogens is 1. The molecule has 0 aliphatic carbocycles. The summed E-state index contributed by atoms with van der Waals surface area (Å²) in [7, 11) is 0. The molecule has 2 atom stereocenters. The lowest BCUT2D eigenvalue weighted by molar-refractivity contribution is -0.686. The van der Waals surface area contributed by atoms with E-state index in [2.05, 4.69) is 57.3 Å². The molecule has 0 heterocycles. The first-order valence-electron chi connectivity index (χ1n) is 7.73. The van der Waals surface area contributed by atoms with E-state index in [9.17, 15) is 0 Å². The van der Waals surface area contributed by atoms with E-state index in [4.69, 9.17) is 4.74 Å². The zero-order chi connectivity index (χ0) is 14.1. The van der Waals surface area contributed by atoms with Crippen LogP contribution in [0.5, 0.6) is 5.75 Å². The van der Waals surface area contributed by atoms with Gasteiger partial charge >= 0.3 is 0 Å². The van der Waals surface area contributed by atoms with Crippen molar-refractivity contribution in [2.24, 2.45) is 0 Å². The Kier molecular flexibility index (Phi) is 7.57. The van der Waals surface area contributed by atoms with E-state index in [0.717, 1.165) is 31.4 Å². The Balaban J connectivity index is 2.23. The number of rotatable bonds is 9. The summed E-state index contributed by atoms with van der Waals surface area (Å²) >= 11 is 0. The molecular weight excluding hydrogens is 234 g/mol. The maximum Gasteiger partial charge on any atom is 0.119 e. The monoisotopic (exact) mass is 264 g/mol. The molecule has 2 nitrogen and oxygen atoms in total. The molecule has 0 spiro atoms. The molecule has 2 heteroatoms. The van der Waals surface area contributed by atoms with Gasteiger partial charge in [-0.2, -0.15) is 0 Å². The number of ether oxygens (including phenoxy) is 1. The van der Waals surface area contributed by atoms with E-state index in [1.165, 1.54) is 18.4 Å². The molecule has 0 saturated carbocycles. The van der Waals surface area contributed by atoms with Gasteiger partial charge in [0.25, 0.3) is 0 Å². The van der Waals surface area contributed by atoms with Crippen molar-refractivity contribution in [2.75, 3.05) is 13.2 Å². The normalized spacial score (nSPS) is 14.1. The van der Waals surface area contributed by atoms with E-state index >= 15 is 0 Å². The van der Waals surface area contributed by atoms with Crippen molar-refractivity contribution in [3.8, 4) is 5.75 Å². The molecule has 0 aliphatic rings. The molecule has 0 fully saturated rings. The van der Waals surface area contributed by atoms with Crippen LogP contribution in [0.25, 0.3) is 0 Å². The fraction of sp³-hybridized carbons (Fsp3) is 0.647. The Hall–Kier alpha value is -1.02. The van der Waals surface area contributed by atoms with Crippen molar-refractivity contribution < 1.29 is 10.1 Å². The van der Waals surface area contributed by atoms with E-state index in [-0.39, 0.29) is 0 Å². The molecule has 108 valence electrons. The Morgan fingerprint density at radius 1 is 1.05 bits per heavy atom. The molecular formula is C17H30NO+. The summed E-state index contributed by atoms with van der Waals surface area (Å²) in [4.78, 5) is 0. The summed E-state index contributed by atoms with van der Waals surface area (Å²) < 4.78 is 5.77. The molecule has 1 rings (SSSR count). The van der Waals surface area contributed by atoms with Crippen LogP contribution in [0.3, 0.4) is 0 Å². The third kappa shape index (κ3) is 6.11. The minimum atomic E-state index is 0.638. The average Bonchev–Trinajstić information content (AvgIpc) is 2.46. The lowest BCUT2D eigenvalue weighted by atomic mass is 9.99. The molecule has 0 amide bonds. The summed E-state index contributed by atoms with van der Waals surface area (Å²) in [5, 5.41) is 2.40. The van der Waals surface area contributed by atoms with E-state index in [0.29, 0.717) is 5.92 Å². The molecule has 0 unspecified atom stereocenters. The molecule has 0 aromatic heterocycles. The van der Waals surface area contributed by atoms with Crippen molar-refractivity contribution >= 4 is 0 Å². The van der Waals surface area contributed by atoms with Crippen LogP contribution in [-0.4, -0.2) is 19.2 Å². The third-order valence-corrected chi connectivity index (χ3v) is 3.89. The molecule has 0 saturated heterocycles. The lowest BCUT2D eigenvalue weighted by Crippen LogP contribution is -2.89. The van der Waals surface area contributed by atoms with Gasteiger partial charge in [-0.1, -0.05) is 32.9 Å². The van der Waals surface area contributed by atoms with Crippen LogP contribution in [-0.2, 0) is 0 Å². The molecule has 0 radical (unpaired) electrons. The largest absolute Gasteiger partial charge is 0.493 e. The lowest BCUT2D eigenvalue weighted by Gasteiger charge is -2.11. The van der Waals surface area contributed by atoms with Crippen molar-refractivity contribution in [3.63, 3.8) is 0 Å². The fourth-order valence-electron chi connectivity index (χ4n) is 1.97. The summed E-state index contributed by atoms with van der Waals surface area (Å²) in [6.45, 7) is 11.0. The number of hydrogen-bond donors (Lipinski definition) is 1. The zero-order valence-electron chi connectivity index (χ0n) is 13.0. The van der Waals surface area contributed by atoms with Crippen LogP contribution in [0.4, 0.5) is 0 Å². The second-order valence-corrected chi connectivity index (χ2v) is 5.49. The predicted molar refractivity (Wildman–Crippen MR) is 81.8 cm³/mol. The molecule has 0 aliphatic heterocycles. The highest BCUT2D eigenvalue weighted by Crippen LogP contribution is 2.21. The first kappa shape index (κ1) is 16.0. The second kappa shape index (κ2) is 8.98. The van der Waals surface area contributed by atoms with Crippen LogP contribution < -0.4 is 10.1 Å². The first-order valence-corrected chi connectivity index (χ1v) is 7.73. The summed E-state index contributed by atoms with van der Waals surface area (Å²) in [6.07, 6.45) is 3.53. The molecule has 2 N–H and O–H groups in total. The SMILES string of the molecule is CC[C@H](C)[NH2+]CCCOc1ccc([C@@H](C)CC)cc1. The van der Waals surface area contributed by atoms with Crippen molar-refractivity contribution in [1.82, 2.24) is 0 Å². The van der Waals surface area contributed by atoms with Gasteiger partial charge in [0.15, 0.2) is 0 Å². The second-order valence-electron chi connectivity index (χ2n) is 5.49. The first-order chi connectivity index (χ1) is 9.17. The zero-order valence-corrected chi connectivity index (χ0v) is 13.0. The minimum Gasteiger partial charge on any atom is -0.493 e. The van der Waals surface area contributed by atoms with Crippen LogP contribution >= 0.6 is 0 Å². The molecule has 1 aromatic rings. The number of hydrogen-bond acceptors (Lipinski definition) is 1. The maximum absolute atomic E-state index is 5.77. The van der Waals surface area contributed by atoms with E-state index in [1.807, 2.05) is 0 Å². The Bertz CT molecular complexity index is 334. The van der Waals surface area contributed by atoms with Gasteiger partial charge in [0.1, 0.15) is 5.75 Å². The Labute approximate surface area is 118 Å². The van der Waals surface area contributed by atoms with Gasteiger partial charge in [-0.05, 0) is 43.4 Å². The molecule has 0 bridgehead atoms. The van der Waals surface area contributed by atoms with Crippen molar-refractivity contribution in [2.45, 2.75) is 58.9 Å². The fourth-order valence-corrected chi connectivity index (χ4v) is 1.97. The number of benzene rings is 1. The van der Waals surface area contributed by atoms with E-state index in [1.54, 1.807) is 0 Å². The van der Waals surface area contributed by atoms with Gasteiger partial charge in [0.2, 0.25) is 0 Å². The van der Waals surface area contributed by atoms with Crippen LogP contribution in [0, 0.1) is 0 Å². The maximum atomic E-state index is 5.77. The average molecular weight is 264 g/mol. The van der Waals surface area contributed by atoms with Gasteiger partial charge < -0.3 is 10.1 Å². The standard InChI is InChI=1S/C17H29NO/c1-5-14(3)16-8-10-17(11-9-16)19-13-7-12-18-15(4)6-2/h8-11,14-15,18H,5-7,12-13H2,1-4H3/p+1/t14-,15-/m0/s1. The third-order valence-electron chi connectivity index (χ3n) is 3.89. The van der Waals surface area contributed by atoms with Gasteiger partial charge in [-0.25, -0.2) is 0 Å². The van der Waals surface area contributed by atoms with Gasteiger partial charge in [0.05, 0.1) is 19.2 Å². The van der Waals surface area contributed by atoms with E-state index < -0.39 is 0 Å². The summed E-state index contributed by atoms with van der Waals surface area (Å²) in [6, 6.07) is 9.30. The highest BCUT2D eigenvalue weighted by Gasteiger charge is 2.03. The van der Waals surface area contributed by atoms with Gasteiger partial charge in [-0.15, -0.1) is 0 Å². The summed E-state index contributed by atoms with van der Waals surface area (Å²) in [5.41, 5.74) is 1.40. The minimum absolute atomic E-state index is 0.638. The Morgan fingerprint density at radius 2 is 1.74 bits per heavy atom. The Morgan fingerprint density at radius 3 is 2.32 bits per heavy atom. The van der Waals surface area contributed by atoms with Crippen LogP contribution in [0.2, 0.25) is 0 Å². The predicted octanol–water partition coefficient (Wildman–Crippen LogP) is 3.33. The van der Waals surface area contributed by atoms with Gasteiger partial charge in [-0.3, -0.25) is 0 Å². The van der Waals surface area contributed by atoms with Crippen molar-refractivity contribution in [1.29, 1.82) is 0 Å². The quantitative estimate of drug-likeness (QED) is 0.680. The number of nitrogens with two attached hydrogens (primary N) is 1. The highest BCUT2D eigenvalue weighted by molar-refractivity contribution is 5.29. The topological polar surface area (TPSA) is 25.8 Å². The molecule has 1 aromatic carbocycles. The van der Waals surface area contributed by atoms with Gasteiger partial charge in [0, 0.05) is 6.42 Å². The molecule has 19 heavy (non-hydrogen) atoms. The van der Waals surface area contributed by atoms with Crippen LogP contribution in [0.15, 0.2) is 24.3 Å². The smallest absolute Gasteiger partial charge is 0.119 e. The van der Waals surface area contributed by atoms with Crippen LogP contribution in [0.1, 0.15) is 58.4 Å². The van der Waals surface area contributed by atoms with Crippen molar-refractivity contribution in [3.05, 3.63) is 29.8 Å².